The first-order valence-corrected chi connectivity index (χ1v) is 4.90. The number of nitriles is 1. The van der Waals surface area contributed by atoms with Crippen LogP contribution >= 0.6 is 11.3 Å². The minimum atomic E-state index is -0.624. The number of carbonyl (C=O) groups is 1. The Hall–Kier alpha value is -2.00. The number of primary amides is 1. The average Bonchev–Trinajstić information content (AvgIpc) is 2.52. The summed E-state index contributed by atoms with van der Waals surface area (Å²) in [6.07, 6.45) is 1.64. The third kappa shape index (κ3) is 2.08. The number of nitrogen functional groups attached to an aromatic ring is 1. The molecule has 0 aromatic carbocycles. The van der Waals surface area contributed by atoms with Gasteiger partial charge in [0.2, 0.25) is 0 Å². The van der Waals surface area contributed by atoms with E-state index in [2.05, 4.69) is 11.9 Å². The topological polar surface area (TPSA) is 105 Å². The van der Waals surface area contributed by atoms with Gasteiger partial charge in [-0.05, 0) is 0 Å². The molecule has 0 radical (unpaired) electrons. The van der Waals surface area contributed by atoms with E-state index in [1.807, 2.05) is 6.07 Å². The maximum atomic E-state index is 11.0. The van der Waals surface area contributed by atoms with Crippen molar-refractivity contribution in [3.63, 3.8) is 0 Å². The Kier molecular flexibility index (Phi) is 3.31. The molecule has 1 aromatic rings. The van der Waals surface area contributed by atoms with Gasteiger partial charge in [-0.3, -0.25) is 4.79 Å². The van der Waals surface area contributed by atoms with Crippen LogP contribution in [0.15, 0.2) is 12.7 Å². The van der Waals surface area contributed by atoms with Crippen LogP contribution in [-0.2, 0) is 0 Å². The van der Waals surface area contributed by atoms with E-state index in [4.69, 9.17) is 16.7 Å². The highest BCUT2D eigenvalue weighted by Gasteiger charge is 2.18. The fourth-order valence-electron chi connectivity index (χ4n) is 1.03. The van der Waals surface area contributed by atoms with Gasteiger partial charge in [-0.15, -0.1) is 17.9 Å². The second kappa shape index (κ2) is 4.48. The molecule has 0 spiro atoms. The summed E-state index contributed by atoms with van der Waals surface area (Å²) in [5, 5.41) is 12.3. The Morgan fingerprint density at radius 2 is 2.40 bits per heavy atom. The number of carbonyl (C=O) groups excluding carboxylic acids is 1. The molecule has 1 heterocycles. The predicted molar refractivity (Wildman–Crippen MR) is 60.7 cm³/mol. The molecule has 0 atom stereocenters. The first kappa shape index (κ1) is 11.1. The van der Waals surface area contributed by atoms with E-state index in [1.165, 1.54) is 0 Å². The molecular formula is C9H10N4OS. The van der Waals surface area contributed by atoms with Gasteiger partial charge in [-0.2, -0.15) is 5.26 Å². The van der Waals surface area contributed by atoms with Gasteiger partial charge in [-0.25, -0.2) is 0 Å². The van der Waals surface area contributed by atoms with Gasteiger partial charge in [-0.1, -0.05) is 6.08 Å². The number of anilines is 2. The van der Waals surface area contributed by atoms with E-state index in [-0.39, 0.29) is 16.1 Å². The number of nitrogens with zero attached hydrogens (tertiary/aromatic N) is 1. The SMILES string of the molecule is C=CCNc1sc(C(N)=O)c(N)c1C#N. The third-order valence-corrected chi connectivity index (χ3v) is 2.87. The highest BCUT2D eigenvalue weighted by molar-refractivity contribution is 7.18. The molecule has 5 nitrogen and oxygen atoms in total. The fraction of sp³-hybridized carbons (Fsp3) is 0.111. The van der Waals surface area contributed by atoms with Crippen LogP contribution in [0.5, 0.6) is 0 Å². The van der Waals surface area contributed by atoms with E-state index < -0.39 is 5.91 Å². The summed E-state index contributed by atoms with van der Waals surface area (Å²) in [5.41, 5.74) is 11.1. The Bertz CT molecular complexity index is 444. The van der Waals surface area contributed by atoms with Gasteiger partial charge in [0.25, 0.3) is 5.91 Å². The molecule has 1 aromatic heterocycles. The predicted octanol–water partition coefficient (Wildman–Crippen LogP) is 0.899. The van der Waals surface area contributed by atoms with Crippen molar-refractivity contribution in [1.29, 1.82) is 5.26 Å². The molecule has 0 aliphatic heterocycles. The lowest BCUT2D eigenvalue weighted by molar-refractivity contribution is 0.100. The molecule has 6 heteroatoms. The second-order valence-electron chi connectivity index (χ2n) is 2.69. The number of hydrogen-bond donors (Lipinski definition) is 3. The first-order valence-electron chi connectivity index (χ1n) is 4.08. The molecule has 78 valence electrons. The molecule has 1 amide bonds. The van der Waals surface area contributed by atoms with Crippen molar-refractivity contribution in [1.82, 2.24) is 0 Å². The van der Waals surface area contributed by atoms with E-state index in [0.717, 1.165) is 11.3 Å². The Balaban J connectivity index is 3.17. The molecule has 15 heavy (non-hydrogen) atoms. The lowest BCUT2D eigenvalue weighted by Crippen LogP contribution is -2.10. The highest BCUT2D eigenvalue weighted by atomic mass is 32.1. The Morgan fingerprint density at radius 1 is 1.73 bits per heavy atom. The van der Waals surface area contributed by atoms with Crippen molar-refractivity contribution in [2.75, 3.05) is 17.6 Å². The van der Waals surface area contributed by atoms with E-state index in [1.54, 1.807) is 6.08 Å². The maximum absolute atomic E-state index is 11.0. The van der Waals surface area contributed by atoms with Crippen molar-refractivity contribution >= 4 is 27.9 Å². The van der Waals surface area contributed by atoms with E-state index >= 15 is 0 Å². The van der Waals surface area contributed by atoms with Crippen LogP contribution in [0.2, 0.25) is 0 Å². The summed E-state index contributed by atoms with van der Waals surface area (Å²) in [6.45, 7) is 4.02. The van der Waals surface area contributed by atoms with Crippen LogP contribution in [0.4, 0.5) is 10.7 Å². The molecule has 0 unspecified atom stereocenters. The molecule has 1 rings (SSSR count). The minimum Gasteiger partial charge on any atom is -0.396 e. The maximum Gasteiger partial charge on any atom is 0.261 e. The Labute approximate surface area is 91.0 Å². The van der Waals surface area contributed by atoms with E-state index in [0.29, 0.717) is 11.5 Å². The summed E-state index contributed by atoms with van der Waals surface area (Å²) >= 11 is 1.08. The number of rotatable bonds is 4. The average molecular weight is 222 g/mol. The summed E-state index contributed by atoms with van der Waals surface area (Å²) in [7, 11) is 0. The molecule has 0 fully saturated rings. The fourth-order valence-corrected chi connectivity index (χ4v) is 1.96. The normalized spacial score (nSPS) is 9.27. The van der Waals surface area contributed by atoms with Gasteiger partial charge in [0, 0.05) is 6.54 Å². The van der Waals surface area contributed by atoms with Crippen LogP contribution in [0.25, 0.3) is 0 Å². The lowest BCUT2D eigenvalue weighted by atomic mass is 10.2. The lowest BCUT2D eigenvalue weighted by Gasteiger charge is -1.98. The smallest absolute Gasteiger partial charge is 0.261 e. The van der Waals surface area contributed by atoms with Crippen LogP contribution in [0, 0.1) is 11.3 Å². The Morgan fingerprint density at radius 3 is 2.87 bits per heavy atom. The van der Waals surface area contributed by atoms with Gasteiger partial charge < -0.3 is 16.8 Å². The third-order valence-electron chi connectivity index (χ3n) is 1.69. The summed E-state index contributed by atoms with van der Waals surface area (Å²) in [5.74, 6) is -0.624. The van der Waals surface area contributed by atoms with Crippen molar-refractivity contribution in [2.45, 2.75) is 0 Å². The summed E-state index contributed by atoms with van der Waals surface area (Å²) in [4.78, 5) is 11.2. The van der Waals surface area contributed by atoms with Crippen molar-refractivity contribution < 1.29 is 4.79 Å². The van der Waals surface area contributed by atoms with Gasteiger partial charge in [0.1, 0.15) is 21.5 Å². The standard InChI is InChI=1S/C9H10N4OS/c1-2-3-13-9-5(4-10)6(11)7(15-9)8(12)14/h2,13H,1,3,11H2,(H2,12,14). The zero-order valence-electron chi connectivity index (χ0n) is 7.91. The quantitative estimate of drug-likeness (QED) is 0.658. The molecule has 0 bridgehead atoms. The largest absolute Gasteiger partial charge is 0.396 e. The summed E-state index contributed by atoms with van der Waals surface area (Å²) < 4.78 is 0. The molecule has 0 saturated heterocycles. The zero-order valence-corrected chi connectivity index (χ0v) is 8.73. The van der Waals surface area contributed by atoms with Crippen molar-refractivity contribution in [3.05, 3.63) is 23.1 Å². The highest BCUT2D eigenvalue weighted by Crippen LogP contribution is 2.34. The van der Waals surface area contributed by atoms with Crippen LogP contribution < -0.4 is 16.8 Å². The molecule has 0 saturated carbocycles. The number of nitrogens with one attached hydrogen (secondary N) is 1. The van der Waals surface area contributed by atoms with Crippen molar-refractivity contribution in [2.24, 2.45) is 5.73 Å². The van der Waals surface area contributed by atoms with E-state index in [9.17, 15) is 4.79 Å². The summed E-state index contributed by atoms with van der Waals surface area (Å²) in [6, 6.07) is 1.93. The number of nitrogens with two attached hydrogens (primary N) is 2. The molecule has 0 aliphatic carbocycles. The zero-order chi connectivity index (χ0) is 11.4. The number of amides is 1. The number of hydrogen-bond acceptors (Lipinski definition) is 5. The second-order valence-corrected chi connectivity index (χ2v) is 3.72. The minimum absolute atomic E-state index is 0.140. The first-order chi connectivity index (χ1) is 7.11. The molecule has 0 aliphatic rings. The van der Waals surface area contributed by atoms with Gasteiger partial charge in [0.05, 0.1) is 5.69 Å². The molecular weight excluding hydrogens is 212 g/mol. The van der Waals surface area contributed by atoms with Crippen LogP contribution in [-0.4, -0.2) is 12.5 Å². The van der Waals surface area contributed by atoms with Crippen LogP contribution in [0.1, 0.15) is 15.2 Å². The monoisotopic (exact) mass is 222 g/mol. The number of thiophene rings is 1. The molecule has 5 N–H and O–H groups in total. The van der Waals surface area contributed by atoms with Crippen molar-refractivity contribution in [3.8, 4) is 6.07 Å². The van der Waals surface area contributed by atoms with Crippen LogP contribution in [0.3, 0.4) is 0 Å². The van der Waals surface area contributed by atoms with Gasteiger partial charge in [0.15, 0.2) is 0 Å². The van der Waals surface area contributed by atoms with Gasteiger partial charge >= 0.3 is 0 Å².